The van der Waals surface area contributed by atoms with Gasteiger partial charge in [-0.1, -0.05) is 11.6 Å². The summed E-state index contributed by atoms with van der Waals surface area (Å²) in [6, 6.07) is 3.85. The zero-order valence-corrected chi connectivity index (χ0v) is 14.8. The average molecular weight is 415 g/mol. The number of rotatable bonds is 4. The molecule has 0 saturated carbocycles. The summed E-state index contributed by atoms with van der Waals surface area (Å²) >= 11 is 10.6. The number of sulfonamides is 1. The standard InChI is InChI=1S/C12H13BrClNO4S2/c13-10-6-9(1-2-11(10)14)21(18,19)15-3-4-20-7-8(15)5-12(16)17/h1-2,6,8H,3-5,7H2,(H,16,17). The van der Waals surface area contributed by atoms with E-state index in [9.17, 15) is 13.2 Å². The molecular formula is C12H13BrClNO4S2. The first-order chi connectivity index (χ1) is 9.82. The van der Waals surface area contributed by atoms with E-state index in [0.717, 1.165) is 0 Å². The Kier molecular flexibility index (Phi) is 5.59. The topological polar surface area (TPSA) is 74.7 Å². The summed E-state index contributed by atoms with van der Waals surface area (Å²) in [5.41, 5.74) is 0. The van der Waals surface area contributed by atoms with E-state index in [-0.39, 0.29) is 11.3 Å². The van der Waals surface area contributed by atoms with E-state index in [0.29, 0.717) is 27.5 Å². The number of aliphatic carboxylic acids is 1. The lowest BCUT2D eigenvalue weighted by atomic mass is 10.2. The second kappa shape index (κ2) is 6.87. The van der Waals surface area contributed by atoms with E-state index < -0.39 is 22.0 Å². The van der Waals surface area contributed by atoms with E-state index in [1.165, 1.54) is 22.5 Å². The summed E-state index contributed by atoms with van der Waals surface area (Å²) in [7, 11) is -3.73. The lowest BCUT2D eigenvalue weighted by Crippen LogP contribution is -2.46. The third-order valence-corrected chi connectivity index (χ3v) is 7.33. The van der Waals surface area contributed by atoms with Crippen LogP contribution in [0, 0.1) is 0 Å². The van der Waals surface area contributed by atoms with Crippen LogP contribution in [0.3, 0.4) is 0 Å². The first-order valence-electron chi connectivity index (χ1n) is 6.09. The van der Waals surface area contributed by atoms with Crippen molar-refractivity contribution in [2.24, 2.45) is 0 Å². The second-order valence-corrected chi connectivity index (χ2v) is 8.82. The van der Waals surface area contributed by atoms with Crippen molar-refractivity contribution in [1.29, 1.82) is 0 Å². The van der Waals surface area contributed by atoms with Gasteiger partial charge < -0.3 is 5.11 Å². The monoisotopic (exact) mass is 413 g/mol. The molecule has 0 aliphatic carbocycles. The molecule has 1 N–H and O–H groups in total. The van der Waals surface area contributed by atoms with Gasteiger partial charge in [0.2, 0.25) is 10.0 Å². The van der Waals surface area contributed by atoms with Crippen molar-refractivity contribution < 1.29 is 18.3 Å². The molecule has 0 bridgehead atoms. The highest BCUT2D eigenvalue weighted by molar-refractivity contribution is 9.10. The maximum Gasteiger partial charge on any atom is 0.305 e. The smallest absolute Gasteiger partial charge is 0.305 e. The van der Waals surface area contributed by atoms with Gasteiger partial charge in [-0.2, -0.15) is 16.1 Å². The molecule has 0 aromatic heterocycles. The molecule has 1 aromatic rings. The first kappa shape index (κ1) is 17.1. The predicted molar refractivity (Wildman–Crippen MR) is 86.4 cm³/mol. The highest BCUT2D eigenvalue weighted by Gasteiger charge is 2.35. The van der Waals surface area contributed by atoms with Crippen molar-refractivity contribution in [2.45, 2.75) is 17.4 Å². The van der Waals surface area contributed by atoms with Crippen molar-refractivity contribution in [3.8, 4) is 0 Å². The van der Waals surface area contributed by atoms with Gasteiger partial charge in [0.1, 0.15) is 0 Å². The number of nitrogens with zero attached hydrogens (tertiary/aromatic N) is 1. The lowest BCUT2D eigenvalue weighted by molar-refractivity contribution is -0.137. The van der Waals surface area contributed by atoms with Crippen LogP contribution in [0.2, 0.25) is 5.02 Å². The molecule has 9 heteroatoms. The molecule has 0 spiro atoms. The third kappa shape index (κ3) is 3.92. The van der Waals surface area contributed by atoms with E-state index >= 15 is 0 Å². The number of carbonyl (C=O) groups is 1. The number of halogens is 2. The zero-order valence-electron chi connectivity index (χ0n) is 10.8. The molecule has 21 heavy (non-hydrogen) atoms. The lowest BCUT2D eigenvalue weighted by Gasteiger charge is -2.33. The van der Waals surface area contributed by atoms with Gasteiger partial charge in [-0.25, -0.2) is 8.42 Å². The summed E-state index contributed by atoms with van der Waals surface area (Å²) in [5.74, 6) is 0.143. The summed E-state index contributed by atoms with van der Waals surface area (Å²) in [4.78, 5) is 11.0. The number of carboxylic acids is 1. The third-order valence-electron chi connectivity index (χ3n) is 3.08. The van der Waals surface area contributed by atoms with Gasteiger partial charge in [0, 0.05) is 28.6 Å². The molecule has 5 nitrogen and oxygen atoms in total. The fourth-order valence-corrected chi connectivity index (χ4v) is 5.66. The number of thioether (sulfide) groups is 1. The molecule has 1 aromatic carbocycles. The van der Waals surface area contributed by atoms with E-state index in [4.69, 9.17) is 16.7 Å². The quantitative estimate of drug-likeness (QED) is 0.820. The van der Waals surface area contributed by atoms with E-state index in [1.807, 2.05) is 0 Å². The fraction of sp³-hybridized carbons (Fsp3) is 0.417. The Hall–Kier alpha value is -0.280. The normalized spacial score (nSPS) is 20.4. The Morgan fingerprint density at radius 3 is 2.86 bits per heavy atom. The summed E-state index contributed by atoms with van der Waals surface area (Å²) in [6.07, 6.45) is -0.193. The Balaban J connectivity index is 2.35. The van der Waals surface area contributed by atoms with Crippen LogP contribution in [0.15, 0.2) is 27.6 Å². The van der Waals surface area contributed by atoms with Crippen LogP contribution < -0.4 is 0 Å². The molecule has 1 atom stereocenters. The largest absolute Gasteiger partial charge is 0.481 e. The molecule has 1 unspecified atom stereocenters. The van der Waals surface area contributed by atoms with E-state index in [1.54, 1.807) is 11.8 Å². The predicted octanol–water partition coefficient (Wildman–Crippen LogP) is 2.68. The van der Waals surface area contributed by atoms with Crippen LogP contribution in [-0.4, -0.2) is 47.9 Å². The van der Waals surface area contributed by atoms with Gasteiger partial charge in [-0.05, 0) is 34.1 Å². The number of benzene rings is 1. The number of hydrogen-bond donors (Lipinski definition) is 1. The molecule has 2 rings (SSSR count). The van der Waals surface area contributed by atoms with Gasteiger partial charge in [0.15, 0.2) is 0 Å². The van der Waals surface area contributed by atoms with Gasteiger partial charge in [0.25, 0.3) is 0 Å². The van der Waals surface area contributed by atoms with Crippen molar-refractivity contribution in [1.82, 2.24) is 4.31 Å². The Labute approximate surface area is 140 Å². The van der Waals surface area contributed by atoms with Crippen molar-refractivity contribution in [2.75, 3.05) is 18.1 Å². The van der Waals surface area contributed by atoms with Crippen LogP contribution in [0.5, 0.6) is 0 Å². The van der Waals surface area contributed by atoms with Crippen LogP contribution in [0.1, 0.15) is 6.42 Å². The van der Waals surface area contributed by atoms with Crippen LogP contribution in [-0.2, 0) is 14.8 Å². The van der Waals surface area contributed by atoms with Gasteiger partial charge in [-0.15, -0.1) is 0 Å². The average Bonchev–Trinajstić information content (AvgIpc) is 2.41. The highest BCUT2D eigenvalue weighted by Crippen LogP contribution is 2.30. The SMILES string of the molecule is O=C(O)CC1CSCCN1S(=O)(=O)c1ccc(Cl)c(Br)c1. The minimum atomic E-state index is -3.73. The number of hydrogen-bond acceptors (Lipinski definition) is 4. The minimum Gasteiger partial charge on any atom is -0.481 e. The van der Waals surface area contributed by atoms with Crippen molar-refractivity contribution >= 4 is 55.3 Å². The molecule has 1 aliphatic heterocycles. The molecule has 1 fully saturated rings. The van der Waals surface area contributed by atoms with Crippen LogP contribution in [0.4, 0.5) is 0 Å². The maximum atomic E-state index is 12.7. The van der Waals surface area contributed by atoms with Crippen LogP contribution in [0.25, 0.3) is 0 Å². The molecule has 1 aliphatic rings. The Morgan fingerprint density at radius 1 is 1.52 bits per heavy atom. The molecule has 1 saturated heterocycles. The summed E-state index contributed by atoms with van der Waals surface area (Å²) in [5, 5.41) is 9.37. The van der Waals surface area contributed by atoms with Crippen molar-refractivity contribution in [3.63, 3.8) is 0 Å². The van der Waals surface area contributed by atoms with E-state index in [2.05, 4.69) is 15.9 Å². The summed E-state index contributed by atoms with van der Waals surface area (Å²) in [6.45, 7) is 0.311. The Bertz CT molecular complexity index is 653. The highest BCUT2D eigenvalue weighted by atomic mass is 79.9. The molecule has 116 valence electrons. The zero-order chi connectivity index (χ0) is 15.6. The molecule has 0 radical (unpaired) electrons. The van der Waals surface area contributed by atoms with Gasteiger partial charge in [0.05, 0.1) is 16.3 Å². The fourth-order valence-electron chi connectivity index (χ4n) is 2.09. The van der Waals surface area contributed by atoms with Gasteiger partial charge >= 0.3 is 5.97 Å². The Morgan fingerprint density at radius 2 is 2.24 bits per heavy atom. The minimum absolute atomic E-state index is 0.112. The molecule has 1 heterocycles. The molecular weight excluding hydrogens is 402 g/mol. The number of carboxylic acid groups (broad SMARTS) is 1. The second-order valence-electron chi connectivity index (χ2n) is 4.52. The molecule has 0 amide bonds. The van der Waals surface area contributed by atoms with Crippen LogP contribution >= 0.6 is 39.3 Å². The summed E-state index contributed by atoms with van der Waals surface area (Å²) < 4.78 is 27.2. The van der Waals surface area contributed by atoms with Gasteiger partial charge in [-0.3, -0.25) is 4.79 Å². The maximum absolute atomic E-state index is 12.7. The van der Waals surface area contributed by atoms with Crippen molar-refractivity contribution in [3.05, 3.63) is 27.7 Å². The first-order valence-corrected chi connectivity index (χ1v) is 9.85.